The molecule has 0 spiro atoms. The maximum Gasteiger partial charge on any atom is 0.341 e. The van der Waals surface area contributed by atoms with E-state index in [1.165, 1.54) is 6.07 Å². The number of rotatable bonds is 4. The number of hydrogen-bond acceptors (Lipinski definition) is 2. The first-order chi connectivity index (χ1) is 9.56. The highest BCUT2D eigenvalue weighted by Gasteiger charge is 2.17. The van der Waals surface area contributed by atoms with Gasteiger partial charge in [0.05, 0.1) is 5.69 Å². The topological polar surface area (TPSA) is 59.3 Å². The molecule has 1 heterocycles. The Morgan fingerprint density at radius 2 is 1.85 bits per heavy atom. The Labute approximate surface area is 117 Å². The minimum atomic E-state index is -1.19. The molecule has 4 heteroatoms. The molecule has 1 N–H and O–H groups in total. The molecule has 4 nitrogen and oxygen atoms in total. The third kappa shape index (κ3) is 2.50. The number of hydrogen-bond donors (Lipinski definition) is 1. The number of carboxylic acids is 1. The van der Waals surface area contributed by atoms with Gasteiger partial charge in [0.15, 0.2) is 0 Å². The number of carboxylic acid groups (broad SMARTS) is 1. The van der Waals surface area contributed by atoms with Gasteiger partial charge in [-0.2, -0.15) is 0 Å². The van der Waals surface area contributed by atoms with Crippen LogP contribution in [0.2, 0.25) is 0 Å². The van der Waals surface area contributed by atoms with Gasteiger partial charge in [0.1, 0.15) is 5.56 Å². The summed E-state index contributed by atoms with van der Waals surface area (Å²) >= 11 is 0. The monoisotopic (exact) mass is 271 g/mol. The first-order valence-electron chi connectivity index (χ1n) is 6.60. The minimum Gasteiger partial charge on any atom is -0.477 e. The van der Waals surface area contributed by atoms with E-state index in [1.807, 2.05) is 44.2 Å². The largest absolute Gasteiger partial charge is 0.477 e. The van der Waals surface area contributed by atoms with E-state index in [4.69, 9.17) is 5.11 Å². The third-order valence-electron chi connectivity index (χ3n) is 3.45. The summed E-state index contributed by atoms with van der Waals surface area (Å²) in [5.41, 5.74) is 1.01. The molecule has 0 aliphatic rings. The van der Waals surface area contributed by atoms with Crippen molar-refractivity contribution in [1.29, 1.82) is 0 Å². The van der Waals surface area contributed by atoms with Gasteiger partial charge in [-0.05, 0) is 31.0 Å². The Morgan fingerprint density at radius 3 is 2.40 bits per heavy atom. The molecule has 20 heavy (non-hydrogen) atoms. The summed E-state index contributed by atoms with van der Waals surface area (Å²) < 4.78 is 1.57. The first kappa shape index (κ1) is 14.1. The van der Waals surface area contributed by atoms with Crippen LogP contribution in [0.1, 0.15) is 36.7 Å². The fourth-order valence-corrected chi connectivity index (χ4v) is 2.18. The van der Waals surface area contributed by atoms with Gasteiger partial charge in [0.25, 0.3) is 5.56 Å². The summed E-state index contributed by atoms with van der Waals surface area (Å²) in [6, 6.07) is 12.5. The van der Waals surface area contributed by atoms with Crippen LogP contribution < -0.4 is 5.56 Å². The Kier molecular flexibility index (Phi) is 4.03. The number of pyridine rings is 1. The number of aromatic nitrogens is 1. The fourth-order valence-electron chi connectivity index (χ4n) is 2.18. The van der Waals surface area contributed by atoms with Crippen LogP contribution in [0.15, 0.2) is 47.3 Å². The first-order valence-corrected chi connectivity index (χ1v) is 6.60. The molecule has 0 aliphatic carbocycles. The number of nitrogens with zero attached hydrogens (tertiary/aromatic N) is 1. The smallest absolute Gasteiger partial charge is 0.341 e. The third-order valence-corrected chi connectivity index (χ3v) is 3.45. The van der Waals surface area contributed by atoms with Crippen LogP contribution in [0.4, 0.5) is 0 Å². The Bertz CT molecular complexity index is 674. The van der Waals surface area contributed by atoms with Crippen molar-refractivity contribution in [2.45, 2.75) is 26.3 Å². The van der Waals surface area contributed by atoms with Crippen molar-refractivity contribution >= 4 is 5.97 Å². The lowest BCUT2D eigenvalue weighted by Gasteiger charge is -2.19. The molecular weight excluding hydrogens is 254 g/mol. The van der Waals surface area contributed by atoms with Crippen molar-refractivity contribution < 1.29 is 9.90 Å². The Balaban J connectivity index is 2.73. The van der Waals surface area contributed by atoms with Gasteiger partial charge in [-0.1, -0.05) is 37.3 Å². The zero-order valence-electron chi connectivity index (χ0n) is 11.5. The van der Waals surface area contributed by atoms with E-state index in [0.717, 1.165) is 17.7 Å². The average molecular weight is 271 g/mol. The molecule has 0 fully saturated rings. The molecule has 0 saturated carbocycles. The Morgan fingerprint density at radius 1 is 1.20 bits per heavy atom. The highest BCUT2D eigenvalue weighted by atomic mass is 16.4. The van der Waals surface area contributed by atoms with Crippen molar-refractivity contribution in [1.82, 2.24) is 4.57 Å². The van der Waals surface area contributed by atoms with Crippen LogP contribution in [0.5, 0.6) is 0 Å². The SMILES string of the molecule is CCC(C)n1c(-c2ccccc2)ccc(C(=O)O)c1=O. The van der Waals surface area contributed by atoms with Crippen molar-refractivity contribution in [3.8, 4) is 11.3 Å². The van der Waals surface area contributed by atoms with E-state index in [2.05, 4.69) is 0 Å². The number of carbonyl (C=O) groups is 1. The molecular formula is C16H17NO3. The molecule has 1 atom stereocenters. The van der Waals surface area contributed by atoms with Crippen LogP contribution in [-0.2, 0) is 0 Å². The van der Waals surface area contributed by atoms with Crippen molar-refractivity contribution in [2.75, 3.05) is 0 Å². The average Bonchev–Trinajstić information content (AvgIpc) is 2.46. The summed E-state index contributed by atoms with van der Waals surface area (Å²) in [6.45, 7) is 3.89. The van der Waals surface area contributed by atoms with Gasteiger partial charge in [-0.3, -0.25) is 4.79 Å². The Hall–Kier alpha value is -2.36. The molecule has 0 radical (unpaired) electrons. The molecule has 1 unspecified atom stereocenters. The molecule has 2 aromatic rings. The maximum atomic E-state index is 12.4. The van der Waals surface area contributed by atoms with Crippen molar-refractivity contribution in [3.05, 3.63) is 58.4 Å². The molecule has 2 rings (SSSR count). The normalized spacial score (nSPS) is 12.1. The van der Waals surface area contributed by atoms with Gasteiger partial charge in [0, 0.05) is 6.04 Å². The van der Waals surface area contributed by atoms with E-state index < -0.39 is 11.5 Å². The maximum absolute atomic E-state index is 12.4. The highest BCUT2D eigenvalue weighted by molar-refractivity contribution is 5.87. The highest BCUT2D eigenvalue weighted by Crippen LogP contribution is 2.22. The second kappa shape index (κ2) is 5.74. The molecule has 1 aromatic carbocycles. The molecule has 104 valence electrons. The van der Waals surface area contributed by atoms with Gasteiger partial charge >= 0.3 is 5.97 Å². The second-order valence-electron chi connectivity index (χ2n) is 4.74. The zero-order chi connectivity index (χ0) is 14.7. The predicted octanol–water partition coefficient (Wildman–Crippen LogP) is 3.18. The van der Waals surface area contributed by atoms with Crippen LogP contribution >= 0.6 is 0 Å². The van der Waals surface area contributed by atoms with E-state index >= 15 is 0 Å². The van der Waals surface area contributed by atoms with Crippen molar-refractivity contribution in [2.24, 2.45) is 0 Å². The van der Waals surface area contributed by atoms with Gasteiger partial charge in [-0.25, -0.2) is 4.79 Å². The van der Waals surface area contributed by atoms with E-state index in [-0.39, 0.29) is 11.6 Å². The number of benzene rings is 1. The molecule has 0 amide bonds. The molecule has 1 aromatic heterocycles. The lowest BCUT2D eigenvalue weighted by Crippen LogP contribution is -2.29. The van der Waals surface area contributed by atoms with Gasteiger partial charge in [0.2, 0.25) is 0 Å². The lowest BCUT2D eigenvalue weighted by molar-refractivity contribution is 0.0694. The van der Waals surface area contributed by atoms with E-state index in [1.54, 1.807) is 10.6 Å². The minimum absolute atomic E-state index is 0.0583. The van der Waals surface area contributed by atoms with Crippen LogP contribution in [0.3, 0.4) is 0 Å². The number of aromatic carboxylic acids is 1. The predicted molar refractivity (Wildman–Crippen MR) is 78.1 cm³/mol. The van der Waals surface area contributed by atoms with Crippen LogP contribution in [-0.4, -0.2) is 15.6 Å². The second-order valence-corrected chi connectivity index (χ2v) is 4.74. The fraction of sp³-hybridized carbons (Fsp3) is 0.250. The van der Waals surface area contributed by atoms with Crippen molar-refractivity contribution in [3.63, 3.8) is 0 Å². The summed E-state index contributed by atoms with van der Waals surface area (Å²) in [6.07, 6.45) is 0.753. The molecule has 0 bridgehead atoms. The summed E-state index contributed by atoms with van der Waals surface area (Å²) in [5, 5.41) is 9.09. The van der Waals surface area contributed by atoms with Gasteiger partial charge < -0.3 is 9.67 Å². The molecule has 0 aliphatic heterocycles. The lowest BCUT2D eigenvalue weighted by atomic mass is 10.1. The van der Waals surface area contributed by atoms with E-state index in [0.29, 0.717) is 0 Å². The zero-order valence-corrected chi connectivity index (χ0v) is 11.5. The van der Waals surface area contributed by atoms with E-state index in [9.17, 15) is 9.59 Å². The quantitative estimate of drug-likeness (QED) is 0.929. The summed E-state index contributed by atoms with van der Waals surface area (Å²) in [5.74, 6) is -1.19. The standard InChI is InChI=1S/C16H17NO3/c1-3-11(2)17-14(12-7-5-4-6-8-12)10-9-13(15(17)18)16(19)20/h4-11H,3H2,1-2H3,(H,19,20). The van der Waals surface area contributed by atoms with Gasteiger partial charge in [-0.15, -0.1) is 0 Å². The van der Waals surface area contributed by atoms with Crippen LogP contribution in [0, 0.1) is 0 Å². The van der Waals surface area contributed by atoms with Crippen LogP contribution in [0.25, 0.3) is 11.3 Å². The summed E-state index contributed by atoms with van der Waals surface area (Å²) in [4.78, 5) is 23.5. The molecule has 0 saturated heterocycles. The summed E-state index contributed by atoms with van der Waals surface area (Å²) in [7, 11) is 0.